The Morgan fingerprint density at radius 1 is 1.50 bits per heavy atom. The molecule has 0 aliphatic carbocycles. The lowest BCUT2D eigenvalue weighted by Crippen LogP contribution is -2.35. The third kappa shape index (κ3) is 2.98. The van der Waals surface area contributed by atoms with Gasteiger partial charge in [0.05, 0.1) is 23.8 Å². The Kier molecular flexibility index (Phi) is 4.27. The number of nitrogens with one attached hydrogen (secondary N) is 1. The number of alkyl halides is 3. The molecule has 2 rings (SSSR count). The van der Waals surface area contributed by atoms with Crippen molar-refractivity contribution in [1.29, 1.82) is 0 Å². The number of allylic oxidation sites excluding steroid dienone is 1. The topological polar surface area (TPSA) is 105 Å². The molecule has 0 amide bonds. The highest BCUT2D eigenvalue weighted by Gasteiger charge is 2.37. The molecule has 0 saturated carbocycles. The van der Waals surface area contributed by atoms with Crippen molar-refractivity contribution in [2.24, 2.45) is 0 Å². The van der Waals surface area contributed by atoms with Gasteiger partial charge in [-0.15, -0.1) is 0 Å². The average Bonchev–Trinajstić information content (AvgIpc) is 2.78. The molecule has 1 aliphatic heterocycles. The fraction of sp³-hybridized carbons (Fsp3) is 0.500. The Hall–Kier alpha value is -1.91. The molecule has 1 aliphatic rings. The molecule has 3 atom stereocenters. The number of halogens is 3. The number of aromatic nitrogens is 2. The van der Waals surface area contributed by atoms with Crippen molar-refractivity contribution in [3.8, 4) is 0 Å². The molecule has 22 heavy (non-hydrogen) atoms. The fourth-order valence-corrected chi connectivity index (χ4v) is 2.12. The first-order valence-corrected chi connectivity index (χ1v) is 6.21. The second-order valence-electron chi connectivity index (χ2n) is 4.80. The quantitative estimate of drug-likeness (QED) is 0.712. The van der Waals surface area contributed by atoms with Crippen molar-refractivity contribution >= 4 is 5.57 Å². The third-order valence-corrected chi connectivity index (χ3v) is 3.33. The SMILES string of the molecule is C=C(c1cn([C@H]2C[C@H](O)[C@@H](CO)O2)c(=O)[nH]c1=O)C(F)(F)F. The van der Waals surface area contributed by atoms with Crippen LogP contribution < -0.4 is 11.2 Å². The molecule has 0 aromatic carbocycles. The molecule has 3 N–H and O–H groups in total. The first-order chi connectivity index (χ1) is 10.1. The number of aliphatic hydroxyl groups excluding tert-OH is 2. The van der Waals surface area contributed by atoms with Crippen molar-refractivity contribution in [3.63, 3.8) is 0 Å². The zero-order valence-electron chi connectivity index (χ0n) is 11.1. The van der Waals surface area contributed by atoms with Gasteiger partial charge in [0.2, 0.25) is 0 Å². The predicted octanol–water partition coefficient (Wildman–Crippen LogP) is -0.247. The summed E-state index contributed by atoms with van der Waals surface area (Å²) in [5, 5.41) is 18.6. The molecule has 0 spiro atoms. The number of nitrogens with zero attached hydrogens (tertiary/aromatic N) is 1. The Morgan fingerprint density at radius 3 is 2.64 bits per heavy atom. The monoisotopic (exact) mass is 322 g/mol. The van der Waals surface area contributed by atoms with Gasteiger partial charge in [0, 0.05) is 12.6 Å². The molecule has 10 heteroatoms. The fourth-order valence-electron chi connectivity index (χ4n) is 2.12. The van der Waals surface area contributed by atoms with Gasteiger partial charge in [-0.2, -0.15) is 13.2 Å². The van der Waals surface area contributed by atoms with E-state index in [1.54, 1.807) is 4.98 Å². The van der Waals surface area contributed by atoms with Crippen molar-refractivity contribution in [1.82, 2.24) is 9.55 Å². The summed E-state index contributed by atoms with van der Waals surface area (Å²) in [6.45, 7) is 2.29. The van der Waals surface area contributed by atoms with Crippen LogP contribution in [0.4, 0.5) is 13.2 Å². The van der Waals surface area contributed by atoms with Crippen LogP contribution in [0.25, 0.3) is 5.57 Å². The minimum Gasteiger partial charge on any atom is -0.394 e. The summed E-state index contributed by atoms with van der Waals surface area (Å²) in [6.07, 6.45) is -7.40. The summed E-state index contributed by atoms with van der Waals surface area (Å²) in [5.41, 5.74) is -4.43. The summed E-state index contributed by atoms with van der Waals surface area (Å²) in [4.78, 5) is 25.0. The lowest BCUT2D eigenvalue weighted by molar-refractivity contribution is -0.0689. The van der Waals surface area contributed by atoms with Crippen LogP contribution in [0.3, 0.4) is 0 Å². The van der Waals surface area contributed by atoms with E-state index in [0.29, 0.717) is 6.20 Å². The van der Waals surface area contributed by atoms with E-state index in [1.165, 1.54) is 0 Å². The Bertz CT molecular complexity index is 693. The van der Waals surface area contributed by atoms with Crippen molar-refractivity contribution in [3.05, 3.63) is 39.2 Å². The van der Waals surface area contributed by atoms with E-state index >= 15 is 0 Å². The number of aromatic amines is 1. The van der Waals surface area contributed by atoms with E-state index in [-0.39, 0.29) is 6.42 Å². The first-order valence-electron chi connectivity index (χ1n) is 6.21. The predicted molar refractivity (Wildman–Crippen MR) is 68.0 cm³/mol. The van der Waals surface area contributed by atoms with E-state index in [2.05, 4.69) is 6.58 Å². The maximum absolute atomic E-state index is 12.7. The molecular weight excluding hydrogens is 309 g/mol. The summed E-state index contributed by atoms with van der Waals surface area (Å²) in [6, 6.07) is 0. The minimum absolute atomic E-state index is 0.116. The van der Waals surface area contributed by atoms with Crippen molar-refractivity contribution in [2.75, 3.05) is 6.61 Å². The van der Waals surface area contributed by atoms with Crippen molar-refractivity contribution < 1.29 is 28.1 Å². The third-order valence-electron chi connectivity index (χ3n) is 3.33. The smallest absolute Gasteiger partial charge is 0.394 e. The van der Waals surface area contributed by atoms with E-state index in [0.717, 1.165) is 4.57 Å². The van der Waals surface area contributed by atoms with Gasteiger partial charge in [-0.25, -0.2) is 4.79 Å². The van der Waals surface area contributed by atoms with Crippen LogP contribution in [0.5, 0.6) is 0 Å². The van der Waals surface area contributed by atoms with Crippen LogP contribution in [-0.2, 0) is 4.74 Å². The van der Waals surface area contributed by atoms with Gasteiger partial charge in [-0.05, 0) is 0 Å². The Labute approximate surface area is 121 Å². The summed E-state index contributed by atoms with van der Waals surface area (Å²) in [7, 11) is 0. The number of hydrogen-bond acceptors (Lipinski definition) is 5. The Balaban J connectivity index is 2.44. The van der Waals surface area contributed by atoms with Crippen LogP contribution in [0.15, 0.2) is 22.4 Å². The standard InChI is InChI=1S/C12H13F3N2O5/c1-5(12(13,14)15)6-3-17(11(21)16-10(6)20)9-2-7(19)8(4-18)22-9/h3,7-9,18-19H,1-2,4H2,(H,16,20,21)/t7-,8+,9+/m0/s1. The van der Waals surface area contributed by atoms with E-state index in [4.69, 9.17) is 9.84 Å². The molecule has 7 nitrogen and oxygen atoms in total. The zero-order valence-corrected chi connectivity index (χ0v) is 11.1. The number of H-pyrrole nitrogens is 1. The molecule has 0 unspecified atom stereocenters. The largest absolute Gasteiger partial charge is 0.416 e. The lowest BCUT2D eigenvalue weighted by Gasteiger charge is -2.16. The van der Waals surface area contributed by atoms with E-state index in [9.17, 15) is 27.9 Å². The molecule has 1 aromatic heterocycles. The van der Waals surface area contributed by atoms with Gasteiger partial charge < -0.3 is 14.9 Å². The van der Waals surface area contributed by atoms with Crippen LogP contribution >= 0.6 is 0 Å². The maximum atomic E-state index is 12.7. The second-order valence-corrected chi connectivity index (χ2v) is 4.80. The van der Waals surface area contributed by atoms with Gasteiger partial charge in [0.25, 0.3) is 5.56 Å². The molecule has 2 heterocycles. The number of hydrogen-bond donors (Lipinski definition) is 3. The van der Waals surface area contributed by atoms with Crippen LogP contribution in [0, 0.1) is 0 Å². The van der Waals surface area contributed by atoms with Crippen molar-refractivity contribution in [2.45, 2.75) is 31.0 Å². The summed E-state index contributed by atoms with van der Waals surface area (Å²) in [5.74, 6) is 0. The highest BCUT2D eigenvalue weighted by atomic mass is 19.4. The highest BCUT2D eigenvalue weighted by Crippen LogP contribution is 2.31. The summed E-state index contributed by atoms with van der Waals surface area (Å²) < 4.78 is 43.9. The maximum Gasteiger partial charge on any atom is 0.416 e. The van der Waals surface area contributed by atoms with Gasteiger partial charge in [0.15, 0.2) is 0 Å². The van der Waals surface area contributed by atoms with Gasteiger partial charge in [-0.3, -0.25) is 14.3 Å². The molecule has 122 valence electrons. The average molecular weight is 322 g/mol. The highest BCUT2D eigenvalue weighted by molar-refractivity contribution is 5.65. The van der Waals surface area contributed by atoms with Gasteiger partial charge >= 0.3 is 11.9 Å². The molecule has 1 saturated heterocycles. The minimum atomic E-state index is -4.83. The van der Waals surface area contributed by atoms with E-state index in [1.807, 2.05) is 0 Å². The van der Waals surface area contributed by atoms with Gasteiger partial charge in [0.1, 0.15) is 12.3 Å². The first kappa shape index (κ1) is 16.5. The van der Waals surface area contributed by atoms with Crippen LogP contribution in [-0.4, -0.2) is 44.8 Å². The summed E-state index contributed by atoms with van der Waals surface area (Å²) >= 11 is 0. The Morgan fingerprint density at radius 2 is 2.14 bits per heavy atom. The molecule has 1 aromatic rings. The van der Waals surface area contributed by atoms with E-state index < -0.39 is 53.6 Å². The molecule has 0 bridgehead atoms. The number of ether oxygens (including phenoxy) is 1. The van der Waals surface area contributed by atoms with Crippen LogP contribution in [0.2, 0.25) is 0 Å². The second kappa shape index (κ2) is 5.71. The molecular formula is C12H13F3N2O5. The van der Waals surface area contributed by atoms with Crippen LogP contribution in [0.1, 0.15) is 18.2 Å². The lowest BCUT2D eigenvalue weighted by atomic mass is 10.1. The van der Waals surface area contributed by atoms with Gasteiger partial charge in [-0.1, -0.05) is 6.58 Å². The molecule has 0 radical (unpaired) electrons. The molecule has 1 fully saturated rings. The zero-order chi connectivity index (χ0) is 16.7. The number of aliphatic hydroxyl groups is 2. The number of rotatable bonds is 3. The normalized spacial score (nSPS) is 25.4.